The molecule has 0 fully saturated rings. The minimum Gasteiger partial charge on any atom is -0.459 e. The van der Waals surface area contributed by atoms with E-state index < -0.39 is 11.9 Å². The molecule has 1 amide bonds. The molecule has 0 radical (unpaired) electrons. The van der Waals surface area contributed by atoms with Crippen molar-refractivity contribution in [1.29, 1.82) is 0 Å². The van der Waals surface area contributed by atoms with Crippen LogP contribution in [0.1, 0.15) is 90.9 Å². The predicted molar refractivity (Wildman–Crippen MR) is 90.7 cm³/mol. The average Bonchev–Trinajstić information content (AvgIpc) is 2.53. The molecule has 0 aromatic carbocycles. The summed E-state index contributed by atoms with van der Waals surface area (Å²) >= 11 is 0. The first-order chi connectivity index (χ1) is 10.7. The number of unbranched alkanes of at least 4 members (excludes halogenated alkanes) is 10. The lowest BCUT2D eigenvalue weighted by Crippen LogP contribution is -2.33. The number of hydrogen-bond donors (Lipinski definition) is 1. The molecule has 0 aliphatic carbocycles. The molecule has 0 aliphatic heterocycles. The van der Waals surface area contributed by atoms with Crippen LogP contribution >= 0.6 is 0 Å². The number of carbonyl (C=O) groups excluding carboxylic acids is 2. The third kappa shape index (κ3) is 13.9. The first-order valence-electron chi connectivity index (χ1n) is 9.17. The predicted octanol–water partition coefficient (Wildman–Crippen LogP) is 4.37. The third-order valence-corrected chi connectivity index (χ3v) is 3.70. The van der Waals surface area contributed by atoms with Crippen molar-refractivity contribution in [2.75, 3.05) is 13.2 Å². The number of rotatable bonds is 14. The Morgan fingerprint density at radius 1 is 0.727 bits per heavy atom. The number of nitrogens with one attached hydrogen (secondary N) is 1. The molecule has 0 rings (SSSR count). The molecule has 0 aliphatic rings. The van der Waals surface area contributed by atoms with Crippen molar-refractivity contribution in [3.8, 4) is 0 Å². The van der Waals surface area contributed by atoms with Gasteiger partial charge in [-0.1, -0.05) is 78.1 Å². The Balaban J connectivity index is 3.23. The number of ether oxygens (including phenoxy) is 1. The van der Waals surface area contributed by atoms with Crippen LogP contribution in [0, 0.1) is 0 Å². The van der Waals surface area contributed by atoms with Crippen LogP contribution in [0.2, 0.25) is 0 Å². The molecular weight excluding hydrogens is 278 g/mol. The Labute approximate surface area is 136 Å². The highest BCUT2D eigenvalue weighted by Crippen LogP contribution is 2.11. The van der Waals surface area contributed by atoms with Crippen LogP contribution in [0.4, 0.5) is 0 Å². The average molecular weight is 313 g/mol. The summed E-state index contributed by atoms with van der Waals surface area (Å²) in [6.07, 6.45) is 14.7. The van der Waals surface area contributed by atoms with Gasteiger partial charge in [0.2, 0.25) is 0 Å². The maximum atomic E-state index is 11.3. The Morgan fingerprint density at radius 3 is 1.73 bits per heavy atom. The number of esters is 1. The van der Waals surface area contributed by atoms with Gasteiger partial charge in [-0.3, -0.25) is 4.79 Å². The zero-order valence-electron chi connectivity index (χ0n) is 14.6. The molecule has 0 heterocycles. The van der Waals surface area contributed by atoms with Crippen molar-refractivity contribution >= 4 is 11.9 Å². The smallest absolute Gasteiger partial charge is 0.396 e. The van der Waals surface area contributed by atoms with Crippen molar-refractivity contribution in [2.24, 2.45) is 0 Å². The SMILES string of the molecule is CCCCCCCCCCCCCOC(=O)C(=O)NCCC. The van der Waals surface area contributed by atoms with Crippen LogP contribution < -0.4 is 5.32 Å². The van der Waals surface area contributed by atoms with E-state index in [1.165, 1.54) is 57.8 Å². The Bertz CT molecular complexity index is 280. The van der Waals surface area contributed by atoms with E-state index in [9.17, 15) is 9.59 Å². The van der Waals surface area contributed by atoms with Crippen molar-refractivity contribution in [3.63, 3.8) is 0 Å². The van der Waals surface area contributed by atoms with E-state index in [4.69, 9.17) is 4.74 Å². The lowest BCUT2D eigenvalue weighted by molar-refractivity contribution is -0.155. The molecular formula is C18H35NO3. The molecule has 0 spiro atoms. The molecule has 4 nitrogen and oxygen atoms in total. The van der Waals surface area contributed by atoms with Gasteiger partial charge in [-0.15, -0.1) is 0 Å². The first kappa shape index (κ1) is 20.9. The van der Waals surface area contributed by atoms with E-state index in [0.29, 0.717) is 13.2 Å². The molecule has 0 unspecified atom stereocenters. The highest BCUT2D eigenvalue weighted by molar-refractivity contribution is 6.32. The Hall–Kier alpha value is -1.06. The van der Waals surface area contributed by atoms with Gasteiger partial charge in [0.05, 0.1) is 6.61 Å². The summed E-state index contributed by atoms with van der Waals surface area (Å²) in [5.41, 5.74) is 0. The van der Waals surface area contributed by atoms with Gasteiger partial charge in [-0.25, -0.2) is 4.79 Å². The lowest BCUT2D eigenvalue weighted by atomic mass is 10.1. The number of carbonyl (C=O) groups is 2. The van der Waals surface area contributed by atoms with Crippen LogP contribution in [-0.4, -0.2) is 25.0 Å². The molecule has 0 aromatic rings. The van der Waals surface area contributed by atoms with Gasteiger partial charge >= 0.3 is 11.9 Å². The molecule has 22 heavy (non-hydrogen) atoms. The quantitative estimate of drug-likeness (QED) is 0.294. The number of amides is 1. The summed E-state index contributed by atoms with van der Waals surface area (Å²) in [4.78, 5) is 22.5. The normalized spacial score (nSPS) is 10.5. The molecule has 130 valence electrons. The van der Waals surface area contributed by atoms with E-state index in [2.05, 4.69) is 12.2 Å². The zero-order chi connectivity index (χ0) is 16.5. The molecule has 0 aromatic heterocycles. The van der Waals surface area contributed by atoms with Crippen LogP contribution in [0.15, 0.2) is 0 Å². The van der Waals surface area contributed by atoms with Crippen LogP contribution in [-0.2, 0) is 14.3 Å². The lowest BCUT2D eigenvalue weighted by Gasteiger charge is -2.05. The van der Waals surface area contributed by atoms with E-state index in [0.717, 1.165) is 19.3 Å². The molecule has 0 saturated carbocycles. The van der Waals surface area contributed by atoms with Crippen LogP contribution in [0.25, 0.3) is 0 Å². The fourth-order valence-corrected chi connectivity index (χ4v) is 2.31. The summed E-state index contributed by atoms with van der Waals surface area (Å²) in [6, 6.07) is 0. The second kappa shape index (κ2) is 16.3. The summed E-state index contributed by atoms with van der Waals surface area (Å²) in [5.74, 6) is -1.37. The summed E-state index contributed by atoms with van der Waals surface area (Å²) in [6.45, 7) is 5.06. The largest absolute Gasteiger partial charge is 0.459 e. The van der Waals surface area contributed by atoms with Crippen molar-refractivity contribution in [3.05, 3.63) is 0 Å². The Morgan fingerprint density at radius 2 is 1.23 bits per heavy atom. The summed E-state index contributed by atoms with van der Waals surface area (Å²) in [7, 11) is 0. The monoisotopic (exact) mass is 313 g/mol. The first-order valence-corrected chi connectivity index (χ1v) is 9.17. The second-order valence-electron chi connectivity index (χ2n) is 5.93. The fourth-order valence-electron chi connectivity index (χ4n) is 2.31. The van der Waals surface area contributed by atoms with Gasteiger partial charge in [0.1, 0.15) is 0 Å². The molecule has 1 N–H and O–H groups in total. The van der Waals surface area contributed by atoms with Crippen molar-refractivity contribution in [1.82, 2.24) is 5.32 Å². The summed E-state index contributed by atoms with van der Waals surface area (Å²) in [5, 5.41) is 2.51. The highest BCUT2D eigenvalue weighted by atomic mass is 16.5. The van der Waals surface area contributed by atoms with Crippen molar-refractivity contribution in [2.45, 2.75) is 90.9 Å². The standard InChI is InChI=1S/C18H35NO3/c1-3-5-6-7-8-9-10-11-12-13-14-16-22-18(21)17(20)19-15-4-2/h3-16H2,1-2H3,(H,19,20). The van der Waals surface area contributed by atoms with Crippen LogP contribution in [0.5, 0.6) is 0 Å². The van der Waals surface area contributed by atoms with Gasteiger partial charge in [0, 0.05) is 6.54 Å². The van der Waals surface area contributed by atoms with Gasteiger partial charge in [0.15, 0.2) is 0 Å². The van der Waals surface area contributed by atoms with Gasteiger partial charge < -0.3 is 10.1 Å². The second-order valence-corrected chi connectivity index (χ2v) is 5.93. The fraction of sp³-hybridized carbons (Fsp3) is 0.889. The van der Waals surface area contributed by atoms with Gasteiger partial charge in [-0.2, -0.15) is 0 Å². The molecule has 4 heteroatoms. The van der Waals surface area contributed by atoms with E-state index in [1.54, 1.807) is 0 Å². The molecule has 0 saturated heterocycles. The highest BCUT2D eigenvalue weighted by Gasteiger charge is 2.13. The summed E-state index contributed by atoms with van der Waals surface area (Å²) < 4.78 is 4.93. The van der Waals surface area contributed by atoms with Gasteiger partial charge in [-0.05, 0) is 12.8 Å². The minimum atomic E-state index is -0.750. The van der Waals surface area contributed by atoms with Gasteiger partial charge in [0.25, 0.3) is 0 Å². The zero-order valence-corrected chi connectivity index (χ0v) is 14.6. The molecule has 0 bridgehead atoms. The van der Waals surface area contributed by atoms with Crippen molar-refractivity contribution < 1.29 is 14.3 Å². The minimum absolute atomic E-state index is 0.357. The number of hydrogen-bond acceptors (Lipinski definition) is 3. The van der Waals surface area contributed by atoms with E-state index in [1.807, 2.05) is 6.92 Å². The van der Waals surface area contributed by atoms with E-state index >= 15 is 0 Å². The topological polar surface area (TPSA) is 55.4 Å². The third-order valence-electron chi connectivity index (χ3n) is 3.70. The Kier molecular flexibility index (Phi) is 15.5. The maximum absolute atomic E-state index is 11.3. The maximum Gasteiger partial charge on any atom is 0.396 e. The van der Waals surface area contributed by atoms with E-state index in [-0.39, 0.29) is 0 Å². The van der Waals surface area contributed by atoms with Crippen LogP contribution in [0.3, 0.4) is 0 Å². The molecule has 0 atom stereocenters.